The van der Waals surface area contributed by atoms with Crippen LogP contribution in [0.15, 0.2) is 0 Å². The van der Waals surface area contributed by atoms with E-state index in [9.17, 15) is 14.4 Å². The number of rotatable bonds is 6. The molecule has 126 valence electrons. The zero-order chi connectivity index (χ0) is 17.9. The number of carbonyl (C=O) groups excluding carboxylic acids is 3. The molecule has 0 saturated heterocycles. The van der Waals surface area contributed by atoms with Gasteiger partial charge in [-0.15, -0.1) is 0 Å². The highest BCUT2D eigenvalue weighted by Crippen LogP contribution is 2.40. The van der Waals surface area contributed by atoms with E-state index in [1.165, 1.54) is 0 Å². The van der Waals surface area contributed by atoms with Gasteiger partial charge < -0.3 is 11.4 Å². The Morgan fingerprint density at radius 3 is 0.864 bits per heavy atom. The Morgan fingerprint density at radius 2 is 0.727 bits per heavy atom. The molecule has 0 radical (unpaired) electrons. The summed E-state index contributed by atoms with van der Waals surface area (Å²) in [6.07, 6.45) is 0. The molecule has 0 bridgehead atoms. The van der Waals surface area contributed by atoms with Crippen molar-refractivity contribution in [2.75, 3.05) is 0 Å². The Morgan fingerprint density at radius 1 is 0.545 bits per heavy atom. The first-order valence-electron chi connectivity index (χ1n) is 4.38. The van der Waals surface area contributed by atoms with Crippen molar-refractivity contribution in [2.45, 2.75) is -1.69 Å². The summed E-state index contributed by atoms with van der Waals surface area (Å²) in [4.78, 5) is 35.8. The lowest BCUT2D eigenvalue weighted by Crippen LogP contribution is -2.41. The first-order chi connectivity index (χ1) is 9.55. The fourth-order valence-corrected chi connectivity index (χ4v) is 5.04. The van der Waals surface area contributed by atoms with Gasteiger partial charge >= 0.3 is 33.1 Å². The summed E-state index contributed by atoms with van der Waals surface area (Å²) in [5.74, 6) is -1.89. The van der Waals surface area contributed by atoms with Crippen LogP contribution < -0.4 is 0 Å². The second kappa shape index (κ2) is 11.6. The van der Waals surface area contributed by atoms with E-state index in [1.807, 2.05) is 203 Å². The smallest absolute Gasteiger partial charge is 0.549 e. The standard InChI is InChI=1S/3C2HI3O2.Al/c3*3-2(4,5)1(6)7;/h3*(H,6,7);/q;;;+3/p-3. The van der Waals surface area contributed by atoms with Crippen LogP contribution in [-0.4, -0.2) is 31.4 Å². The summed E-state index contributed by atoms with van der Waals surface area (Å²) >= 11 is 13.5. The van der Waals surface area contributed by atoms with Gasteiger partial charge in [0, 0.05) is 0 Å². The lowest BCUT2D eigenvalue weighted by Gasteiger charge is -2.20. The lowest BCUT2D eigenvalue weighted by molar-refractivity contribution is -0.144. The van der Waals surface area contributed by atoms with Crippen LogP contribution in [0.25, 0.3) is 0 Å². The van der Waals surface area contributed by atoms with Gasteiger partial charge in [0.15, 0.2) is 0 Å². The molecule has 0 fully saturated rings. The normalized spacial score (nSPS) is 12.4. The molecule has 0 amide bonds. The minimum atomic E-state index is -3.30. The van der Waals surface area contributed by atoms with E-state index in [1.54, 1.807) is 0 Å². The van der Waals surface area contributed by atoms with Crippen molar-refractivity contribution >= 4 is 236 Å². The van der Waals surface area contributed by atoms with Crippen LogP contribution in [-0.2, 0) is 25.7 Å². The molecular weight excluding hydrogens is 1340 g/mol. The van der Waals surface area contributed by atoms with Crippen LogP contribution in [0, 0.1) is 0 Å². The topological polar surface area (TPSA) is 78.9 Å². The molecule has 0 aliphatic carbocycles. The van der Waals surface area contributed by atoms with Crippen LogP contribution in [0.3, 0.4) is 0 Å². The minimum absolute atomic E-state index is 0.631. The molecule has 0 aromatic rings. The number of hydrogen-bond acceptors (Lipinski definition) is 6. The highest BCUT2D eigenvalue weighted by Gasteiger charge is 2.55. The number of hydrogen-bond donors (Lipinski definition) is 0. The van der Waals surface area contributed by atoms with E-state index in [-0.39, 0.29) is 0 Å². The lowest BCUT2D eigenvalue weighted by atomic mass is 10.8. The van der Waals surface area contributed by atoms with Crippen molar-refractivity contribution in [3.8, 4) is 0 Å². The summed E-state index contributed by atoms with van der Waals surface area (Å²) in [6, 6.07) is 0. The summed E-state index contributed by atoms with van der Waals surface area (Å²) < 4.78 is 12.7. The zero-order valence-electron chi connectivity index (χ0n) is 9.43. The SMILES string of the molecule is O=C([O][Al]([O]C(=O)C(I)(I)I)[O]C(=O)C(I)(I)I)C(I)(I)I. The quantitative estimate of drug-likeness (QED) is 0.200. The third-order valence-electron chi connectivity index (χ3n) is 1.30. The molecule has 0 saturated carbocycles. The Kier molecular flexibility index (Phi) is 14.5. The first-order valence-corrected chi connectivity index (χ1v) is 15.5. The van der Waals surface area contributed by atoms with Gasteiger partial charge in [0.25, 0.3) is 0 Å². The van der Waals surface area contributed by atoms with Crippen molar-refractivity contribution < 1.29 is 25.7 Å². The van der Waals surface area contributed by atoms with Gasteiger partial charge in [0.05, 0.1) is 0 Å². The van der Waals surface area contributed by atoms with Crippen molar-refractivity contribution in [3.63, 3.8) is 0 Å². The largest absolute Gasteiger partial charge is 1.20 e. The average molecular weight is 1340 g/mol. The predicted octanol–water partition coefficient (Wildman–Crippen LogP) is 5.48. The zero-order valence-corrected chi connectivity index (χ0v) is 30.0. The summed E-state index contributed by atoms with van der Waals surface area (Å²) in [5, 5.41) is 0. The molecule has 0 rings (SSSR count). The predicted molar refractivity (Wildman–Crippen MR) is 158 cm³/mol. The van der Waals surface area contributed by atoms with Gasteiger partial charge in [-0.3, -0.25) is 14.4 Å². The van der Waals surface area contributed by atoms with Gasteiger partial charge in [0.2, 0.25) is -1.69 Å². The van der Waals surface area contributed by atoms with Gasteiger partial charge in [0.1, 0.15) is 0 Å². The fraction of sp³-hybridized carbons (Fsp3) is 0.500. The second-order valence-corrected chi connectivity index (χ2v) is 37.4. The maximum absolute atomic E-state index is 11.9. The van der Waals surface area contributed by atoms with Crippen LogP contribution in [0.1, 0.15) is 0 Å². The third kappa shape index (κ3) is 12.2. The molecule has 0 spiro atoms. The summed E-state index contributed by atoms with van der Waals surface area (Å²) in [7, 11) is 0. The number of carbonyl (C=O) groups is 3. The average Bonchev–Trinajstić information content (AvgIpc) is 2.24. The molecule has 0 unspecified atom stereocenters. The van der Waals surface area contributed by atoms with Crippen molar-refractivity contribution in [1.82, 2.24) is 0 Å². The molecule has 0 atom stereocenters. The maximum Gasteiger partial charge on any atom is 1.20 e. The molecule has 0 aliphatic rings. The Hall–Kier alpha value is 5.51. The number of alkyl halides is 9. The molecule has 6 nitrogen and oxygen atoms in total. The molecule has 0 aromatic heterocycles. The van der Waals surface area contributed by atoms with E-state index in [0.717, 1.165) is 0 Å². The van der Waals surface area contributed by atoms with E-state index >= 15 is 0 Å². The third-order valence-corrected chi connectivity index (χ3v) is 6.49. The van der Waals surface area contributed by atoms with E-state index in [0.29, 0.717) is 0 Å². The number of halogens is 9. The molecule has 22 heavy (non-hydrogen) atoms. The van der Waals surface area contributed by atoms with Gasteiger partial charge in [-0.1, -0.05) is 0 Å². The monoisotopic (exact) mass is 1340 g/mol. The Labute approximate surface area is 254 Å². The van der Waals surface area contributed by atoms with Crippen LogP contribution >= 0.6 is 203 Å². The van der Waals surface area contributed by atoms with Crippen LogP contribution in [0.5, 0.6) is 0 Å². The fourth-order valence-electron chi connectivity index (χ4n) is 0.535. The molecule has 0 aromatic carbocycles. The van der Waals surface area contributed by atoms with Crippen molar-refractivity contribution in [1.29, 1.82) is 0 Å². The molecule has 0 heterocycles. The highest BCUT2D eigenvalue weighted by molar-refractivity contribution is 14.3. The highest BCUT2D eigenvalue weighted by atomic mass is 127. The Bertz CT molecular complexity index is 384. The molecular formula is C6AlI9O6. The first kappa shape index (κ1) is 27.5. The molecule has 0 aliphatic heterocycles. The van der Waals surface area contributed by atoms with Crippen molar-refractivity contribution in [2.24, 2.45) is 0 Å². The van der Waals surface area contributed by atoms with E-state index in [2.05, 4.69) is 0 Å². The van der Waals surface area contributed by atoms with E-state index in [4.69, 9.17) is 11.4 Å². The van der Waals surface area contributed by atoms with Gasteiger partial charge in [-0.05, 0) is 203 Å². The van der Waals surface area contributed by atoms with Crippen LogP contribution in [0.4, 0.5) is 0 Å². The molecule has 16 heteroatoms. The second-order valence-electron chi connectivity index (χ2n) is 3.00. The van der Waals surface area contributed by atoms with Crippen LogP contribution in [0.2, 0.25) is 0 Å². The Balaban J connectivity index is 5.12. The van der Waals surface area contributed by atoms with Crippen molar-refractivity contribution in [3.05, 3.63) is 0 Å². The maximum atomic E-state index is 11.9. The summed E-state index contributed by atoms with van der Waals surface area (Å²) in [5.41, 5.74) is 0. The summed E-state index contributed by atoms with van der Waals surface area (Å²) in [6.45, 7) is 0. The molecule has 0 N–H and O–H groups in total. The van der Waals surface area contributed by atoms with E-state index < -0.39 is 31.4 Å². The van der Waals surface area contributed by atoms with Gasteiger partial charge in [-0.25, -0.2) is 0 Å². The minimum Gasteiger partial charge on any atom is -0.549 e. The van der Waals surface area contributed by atoms with Gasteiger partial charge in [-0.2, -0.15) is 0 Å².